The van der Waals surface area contributed by atoms with Gasteiger partial charge in [-0.1, -0.05) is 6.07 Å². The Labute approximate surface area is 199 Å². The van der Waals surface area contributed by atoms with E-state index in [9.17, 15) is 14.4 Å². The molecule has 0 fully saturated rings. The van der Waals surface area contributed by atoms with Gasteiger partial charge >= 0.3 is 0 Å². The van der Waals surface area contributed by atoms with Gasteiger partial charge in [-0.15, -0.1) is 11.3 Å². The van der Waals surface area contributed by atoms with Gasteiger partial charge in [0.05, 0.1) is 12.8 Å². The minimum absolute atomic E-state index is 0.0183. The van der Waals surface area contributed by atoms with E-state index in [4.69, 9.17) is 16.2 Å². The van der Waals surface area contributed by atoms with Crippen LogP contribution in [0, 0.1) is 0 Å². The number of anilines is 2. The van der Waals surface area contributed by atoms with E-state index in [2.05, 4.69) is 9.69 Å². The van der Waals surface area contributed by atoms with Crippen LogP contribution in [0.4, 0.5) is 11.4 Å². The molecule has 1 aromatic carbocycles. The van der Waals surface area contributed by atoms with Gasteiger partial charge in [0.15, 0.2) is 11.7 Å². The minimum atomic E-state index is -0.997. The van der Waals surface area contributed by atoms with Crippen LogP contribution in [0.15, 0.2) is 41.8 Å². The molecule has 3 amide bonds. The summed E-state index contributed by atoms with van der Waals surface area (Å²) in [6.07, 6.45) is 0. The first-order valence-corrected chi connectivity index (χ1v) is 11.6. The second kappa shape index (κ2) is 9.59. The van der Waals surface area contributed by atoms with Gasteiger partial charge in [0.25, 0.3) is 11.8 Å². The van der Waals surface area contributed by atoms with Crippen LogP contribution in [0.3, 0.4) is 0 Å². The number of hydrogen-bond acceptors (Lipinski definition) is 8. The van der Waals surface area contributed by atoms with Crippen LogP contribution in [0.1, 0.15) is 51.9 Å². The number of carbonyl (C=O) groups is 3. The number of aromatic nitrogens is 1. The first-order chi connectivity index (χ1) is 15.5. The lowest BCUT2D eigenvalue weighted by atomic mass is 10.1. The maximum absolute atomic E-state index is 13.8. The topological polar surface area (TPSA) is 141 Å². The molecule has 2 aromatic heterocycles. The van der Waals surface area contributed by atoms with Gasteiger partial charge in [-0.25, -0.2) is 0 Å². The van der Waals surface area contributed by atoms with Crippen molar-refractivity contribution in [3.05, 3.63) is 57.2 Å². The lowest BCUT2D eigenvalue weighted by Gasteiger charge is -2.33. The van der Waals surface area contributed by atoms with Crippen molar-refractivity contribution in [3.8, 4) is 5.75 Å². The Kier molecular flexibility index (Phi) is 7.04. The highest BCUT2D eigenvalue weighted by Crippen LogP contribution is 2.35. The van der Waals surface area contributed by atoms with Crippen molar-refractivity contribution in [1.82, 2.24) is 9.69 Å². The van der Waals surface area contributed by atoms with E-state index in [0.717, 1.165) is 11.5 Å². The molecule has 3 rings (SSSR count). The number of benzene rings is 1. The summed E-state index contributed by atoms with van der Waals surface area (Å²) in [6, 6.07) is 9.32. The van der Waals surface area contributed by atoms with Gasteiger partial charge in [-0.05, 0) is 68.0 Å². The molecule has 0 unspecified atom stereocenters. The average Bonchev–Trinajstić information content (AvgIpc) is 3.40. The number of nitrogens with one attached hydrogen (secondary N) is 1. The molecule has 0 aliphatic rings. The molecular weight excluding hydrogens is 462 g/mol. The summed E-state index contributed by atoms with van der Waals surface area (Å²) in [6.45, 7) is 5.57. The van der Waals surface area contributed by atoms with Crippen molar-refractivity contribution in [2.45, 2.75) is 32.4 Å². The second-order valence-electron chi connectivity index (χ2n) is 8.17. The van der Waals surface area contributed by atoms with Gasteiger partial charge < -0.3 is 21.5 Å². The summed E-state index contributed by atoms with van der Waals surface area (Å²) in [5, 5.41) is 4.79. The largest absolute Gasteiger partial charge is 0.497 e. The first kappa shape index (κ1) is 24.2. The maximum atomic E-state index is 13.8. The Bertz CT molecular complexity index is 1150. The quantitative estimate of drug-likeness (QED) is 0.467. The number of rotatable bonds is 7. The number of amides is 3. The van der Waals surface area contributed by atoms with Gasteiger partial charge in [0, 0.05) is 16.1 Å². The van der Waals surface area contributed by atoms with Crippen molar-refractivity contribution in [3.63, 3.8) is 0 Å². The number of nitrogen functional groups attached to an aromatic ring is 1. The maximum Gasteiger partial charge on any atom is 0.273 e. The fourth-order valence-electron chi connectivity index (χ4n) is 3.12. The summed E-state index contributed by atoms with van der Waals surface area (Å²) in [7, 11) is 1.53. The van der Waals surface area contributed by atoms with Crippen LogP contribution in [0.2, 0.25) is 0 Å². The van der Waals surface area contributed by atoms with E-state index in [1.165, 1.54) is 23.3 Å². The lowest BCUT2D eigenvalue weighted by Crippen LogP contribution is -2.49. The van der Waals surface area contributed by atoms with E-state index in [1.54, 1.807) is 36.4 Å². The van der Waals surface area contributed by atoms with Gasteiger partial charge in [0.1, 0.15) is 10.6 Å². The fourth-order valence-corrected chi connectivity index (χ4v) is 4.68. The Morgan fingerprint density at radius 2 is 1.82 bits per heavy atom. The first-order valence-electron chi connectivity index (χ1n) is 9.91. The highest BCUT2D eigenvalue weighted by molar-refractivity contribution is 7.10. The SMILES string of the molecule is COc1ccc(N(C(=O)c2snc(C(N)=O)c2N)[C@@H](C(=O)NC(C)(C)C)c2cccs2)cc1. The highest BCUT2D eigenvalue weighted by Gasteiger charge is 2.37. The number of thiophene rings is 1. The Morgan fingerprint density at radius 3 is 2.30 bits per heavy atom. The van der Waals surface area contributed by atoms with E-state index in [0.29, 0.717) is 16.3 Å². The number of nitrogens with two attached hydrogens (primary N) is 2. The number of carbonyl (C=O) groups excluding carboxylic acids is 3. The molecule has 0 bridgehead atoms. The number of hydrogen-bond donors (Lipinski definition) is 3. The van der Waals surface area contributed by atoms with Crippen LogP contribution in [-0.4, -0.2) is 34.7 Å². The highest BCUT2D eigenvalue weighted by atomic mass is 32.1. The van der Waals surface area contributed by atoms with Crippen LogP contribution < -0.4 is 26.4 Å². The lowest BCUT2D eigenvalue weighted by molar-refractivity contribution is -0.123. The molecule has 9 nitrogen and oxygen atoms in total. The summed E-state index contributed by atoms with van der Waals surface area (Å²) in [5.41, 5.74) is 11.0. The molecule has 0 saturated heterocycles. The predicted molar refractivity (Wildman–Crippen MR) is 130 cm³/mol. The van der Waals surface area contributed by atoms with E-state index in [-0.39, 0.29) is 22.2 Å². The third-order valence-corrected chi connectivity index (χ3v) is 6.32. The standard InChI is InChI=1S/C22H25N5O4S2/c1-22(2,3)25-20(29)17(14-6-5-11-32-14)27(12-7-9-13(31-4)10-8-12)21(30)18-15(23)16(19(24)28)26-33-18/h5-11,17H,23H2,1-4H3,(H2,24,28)(H,25,29)/t17-/m1/s1. The minimum Gasteiger partial charge on any atom is -0.497 e. The molecule has 1 atom stereocenters. The van der Waals surface area contributed by atoms with Gasteiger partial charge in [0.2, 0.25) is 5.91 Å². The number of primary amides is 1. The number of nitrogens with zero attached hydrogens (tertiary/aromatic N) is 2. The smallest absolute Gasteiger partial charge is 0.273 e. The van der Waals surface area contributed by atoms with Crippen molar-refractivity contribution in [2.24, 2.45) is 5.73 Å². The zero-order valence-corrected chi connectivity index (χ0v) is 20.3. The van der Waals surface area contributed by atoms with E-state index >= 15 is 0 Å². The van der Waals surface area contributed by atoms with Crippen LogP contribution in [0.5, 0.6) is 5.75 Å². The third kappa shape index (κ3) is 5.32. The molecule has 174 valence electrons. The average molecular weight is 488 g/mol. The Hall–Kier alpha value is -3.44. The number of ether oxygens (including phenoxy) is 1. The normalized spacial score (nSPS) is 12.1. The molecule has 3 aromatic rings. The second-order valence-corrected chi connectivity index (χ2v) is 9.92. The van der Waals surface area contributed by atoms with Gasteiger partial charge in [-0.2, -0.15) is 4.37 Å². The zero-order valence-electron chi connectivity index (χ0n) is 18.6. The summed E-state index contributed by atoms with van der Waals surface area (Å²) >= 11 is 2.11. The molecule has 2 heterocycles. The Morgan fingerprint density at radius 1 is 1.15 bits per heavy atom. The molecule has 0 spiro atoms. The monoisotopic (exact) mass is 487 g/mol. The van der Waals surface area contributed by atoms with Crippen molar-refractivity contribution in [2.75, 3.05) is 17.7 Å². The molecule has 0 aliphatic heterocycles. The van der Waals surface area contributed by atoms with E-state index < -0.39 is 23.4 Å². The summed E-state index contributed by atoms with van der Waals surface area (Å²) < 4.78 is 9.17. The van der Waals surface area contributed by atoms with Crippen molar-refractivity contribution >= 4 is 52.0 Å². The molecule has 0 radical (unpaired) electrons. The van der Waals surface area contributed by atoms with Gasteiger partial charge in [-0.3, -0.25) is 19.3 Å². The number of methoxy groups -OCH3 is 1. The molecule has 0 saturated carbocycles. The van der Waals surface area contributed by atoms with Crippen LogP contribution in [-0.2, 0) is 4.79 Å². The molecular formula is C22H25N5O4S2. The molecule has 5 N–H and O–H groups in total. The van der Waals surface area contributed by atoms with Crippen LogP contribution in [0.25, 0.3) is 0 Å². The van der Waals surface area contributed by atoms with E-state index in [1.807, 2.05) is 26.2 Å². The predicted octanol–water partition coefficient (Wildman–Crippen LogP) is 3.20. The summed E-state index contributed by atoms with van der Waals surface area (Å²) in [4.78, 5) is 41.0. The van der Waals surface area contributed by atoms with Crippen molar-refractivity contribution in [1.29, 1.82) is 0 Å². The molecule has 0 aliphatic carbocycles. The molecule has 11 heteroatoms. The third-order valence-electron chi connectivity index (χ3n) is 4.54. The molecule has 33 heavy (non-hydrogen) atoms. The Balaban J connectivity index is 2.18. The van der Waals surface area contributed by atoms with Crippen LogP contribution >= 0.6 is 22.9 Å². The fraction of sp³-hybridized carbons (Fsp3) is 0.273. The van der Waals surface area contributed by atoms with Crippen molar-refractivity contribution < 1.29 is 19.1 Å². The zero-order chi connectivity index (χ0) is 24.3. The summed E-state index contributed by atoms with van der Waals surface area (Å²) in [5.74, 6) is -1.19.